The predicted molar refractivity (Wildman–Crippen MR) is 106 cm³/mol. The maximum Gasteiger partial charge on any atom is 0.266 e. The Kier molecular flexibility index (Phi) is 5.26. The Balaban J connectivity index is 2.41. The molecule has 0 bridgehead atoms. The number of aromatic nitrogens is 2. The van der Waals surface area contributed by atoms with Gasteiger partial charge in [-0.3, -0.25) is 9.36 Å². The van der Waals surface area contributed by atoms with Gasteiger partial charge >= 0.3 is 0 Å². The summed E-state index contributed by atoms with van der Waals surface area (Å²) in [7, 11) is -3.48. The summed E-state index contributed by atoms with van der Waals surface area (Å²) < 4.78 is 31.2. The Labute approximate surface area is 162 Å². The van der Waals surface area contributed by atoms with Gasteiger partial charge in [-0.25, -0.2) is 13.4 Å². The minimum Gasteiger partial charge on any atom is -0.489 e. The molecule has 0 saturated heterocycles. The van der Waals surface area contributed by atoms with E-state index in [9.17, 15) is 13.2 Å². The van der Waals surface area contributed by atoms with E-state index in [1.54, 1.807) is 30.3 Å². The molecule has 0 fully saturated rings. The number of hydrogen-bond acceptors (Lipinski definition) is 5. The summed E-state index contributed by atoms with van der Waals surface area (Å²) in [5.74, 6) is 0.659. The van der Waals surface area contributed by atoms with Crippen LogP contribution in [-0.4, -0.2) is 30.3 Å². The first-order valence-corrected chi connectivity index (χ1v) is 10.7. The van der Waals surface area contributed by atoms with Crippen LogP contribution < -0.4 is 10.3 Å². The number of alkyl halides is 1. The molecular weight excluding hydrogens is 388 g/mol. The number of ether oxygens (including phenoxy) is 1. The fourth-order valence-corrected chi connectivity index (χ4v) is 3.59. The summed E-state index contributed by atoms with van der Waals surface area (Å²) in [6, 6.07) is 11.4. The summed E-state index contributed by atoms with van der Waals surface area (Å²) in [6.07, 6.45) is 0.940. The Bertz CT molecular complexity index is 1170. The number of rotatable bonds is 5. The fourth-order valence-electron chi connectivity index (χ4n) is 2.77. The van der Waals surface area contributed by atoms with Crippen LogP contribution in [-0.2, 0) is 15.7 Å². The lowest BCUT2D eigenvalue weighted by atomic mass is 10.2. The molecule has 0 spiro atoms. The monoisotopic (exact) mass is 406 g/mol. The van der Waals surface area contributed by atoms with Crippen molar-refractivity contribution in [1.82, 2.24) is 9.55 Å². The highest BCUT2D eigenvalue weighted by molar-refractivity contribution is 7.90. The van der Waals surface area contributed by atoms with Gasteiger partial charge in [0.15, 0.2) is 9.84 Å². The number of halogens is 1. The molecule has 0 amide bonds. The summed E-state index contributed by atoms with van der Waals surface area (Å²) in [6.45, 7) is 3.69. The zero-order valence-electron chi connectivity index (χ0n) is 15.1. The molecule has 142 valence electrons. The van der Waals surface area contributed by atoms with Crippen LogP contribution in [0.5, 0.6) is 5.75 Å². The van der Waals surface area contributed by atoms with Gasteiger partial charge < -0.3 is 4.74 Å². The molecule has 6 nitrogen and oxygen atoms in total. The molecule has 0 saturated carbocycles. The number of hydrogen-bond donors (Lipinski definition) is 0. The van der Waals surface area contributed by atoms with Gasteiger partial charge in [0.25, 0.3) is 5.56 Å². The van der Waals surface area contributed by atoms with E-state index in [4.69, 9.17) is 16.3 Å². The Morgan fingerprint density at radius 2 is 1.89 bits per heavy atom. The molecule has 0 aliphatic heterocycles. The predicted octanol–water partition coefficient (Wildman–Crippen LogP) is 3.32. The van der Waals surface area contributed by atoms with Gasteiger partial charge in [-0.1, -0.05) is 12.1 Å². The van der Waals surface area contributed by atoms with E-state index in [1.165, 1.54) is 16.7 Å². The molecule has 0 aliphatic rings. The van der Waals surface area contributed by atoms with Crippen LogP contribution in [0.4, 0.5) is 0 Å². The first-order chi connectivity index (χ1) is 12.7. The number of para-hydroxylation sites is 1. The third kappa shape index (κ3) is 3.84. The van der Waals surface area contributed by atoms with Gasteiger partial charge in [0, 0.05) is 6.26 Å². The van der Waals surface area contributed by atoms with Crippen LogP contribution in [0, 0.1) is 0 Å². The second-order valence-electron chi connectivity index (χ2n) is 6.39. The van der Waals surface area contributed by atoms with Gasteiger partial charge in [0.2, 0.25) is 0 Å². The Morgan fingerprint density at radius 3 is 2.52 bits per heavy atom. The molecule has 1 heterocycles. The summed E-state index contributed by atoms with van der Waals surface area (Å²) in [5, 5.41) is 0.409. The van der Waals surface area contributed by atoms with Gasteiger partial charge in [0.05, 0.1) is 33.5 Å². The Morgan fingerprint density at radius 1 is 1.19 bits per heavy atom. The highest BCUT2D eigenvalue weighted by Gasteiger charge is 2.19. The van der Waals surface area contributed by atoms with Crippen LogP contribution in [0.2, 0.25) is 0 Å². The molecule has 3 rings (SSSR count). The largest absolute Gasteiger partial charge is 0.489 e. The minimum atomic E-state index is -3.48. The van der Waals surface area contributed by atoms with Gasteiger partial charge in [-0.05, 0) is 44.2 Å². The normalized spacial score (nSPS) is 11.9. The van der Waals surface area contributed by atoms with Crippen molar-refractivity contribution in [3.05, 3.63) is 58.6 Å². The van der Waals surface area contributed by atoms with E-state index in [0.717, 1.165) is 6.26 Å². The molecule has 0 radical (unpaired) electrons. The Hall–Kier alpha value is -2.38. The van der Waals surface area contributed by atoms with Crippen LogP contribution in [0.15, 0.2) is 52.2 Å². The highest BCUT2D eigenvalue weighted by Crippen LogP contribution is 2.28. The maximum atomic E-state index is 13.2. The van der Waals surface area contributed by atoms with Crippen molar-refractivity contribution in [2.75, 3.05) is 6.26 Å². The zero-order valence-corrected chi connectivity index (χ0v) is 16.7. The standard InChI is InChI=1S/C19H19ClN2O4S/c1-12(2)26-17-9-8-13(27(3,24)25)10-16(17)22-18(11-20)21-15-7-5-4-6-14(15)19(22)23/h4-10,12H,11H2,1-3H3. The lowest BCUT2D eigenvalue weighted by Crippen LogP contribution is -2.24. The second kappa shape index (κ2) is 7.32. The van der Waals surface area contributed by atoms with Crippen LogP contribution in [0.25, 0.3) is 16.6 Å². The van der Waals surface area contributed by atoms with Crippen molar-refractivity contribution >= 4 is 32.3 Å². The third-order valence-corrected chi connectivity index (χ3v) is 5.28. The number of sulfone groups is 1. The molecule has 8 heteroatoms. The van der Waals surface area contributed by atoms with Gasteiger partial charge in [0.1, 0.15) is 11.6 Å². The van der Waals surface area contributed by atoms with Gasteiger partial charge in [-0.15, -0.1) is 11.6 Å². The number of benzene rings is 2. The van der Waals surface area contributed by atoms with Crippen LogP contribution in [0.3, 0.4) is 0 Å². The maximum absolute atomic E-state index is 13.2. The zero-order chi connectivity index (χ0) is 19.8. The lowest BCUT2D eigenvalue weighted by Gasteiger charge is -2.18. The molecule has 3 aromatic rings. The van der Waals surface area contributed by atoms with Crippen molar-refractivity contribution in [3.63, 3.8) is 0 Å². The molecule has 0 N–H and O–H groups in total. The van der Waals surface area contributed by atoms with E-state index < -0.39 is 9.84 Å². The molecule has 2 aromatic carbocycles. The second-order valence-corrected chi connectivity index (χ2v) is 8.67. The van der Waals surface area contributed by atoms with Gasteiger partial charge in [-0.2, -0.15) is 0 Å². The molecule has 27 heavy (non-hydrogen) atoms. The average molecular weight is 407 g/mol. The minimum absolute atomic E-state index is 0.0235. The van der Waals surface area contributed by atoms with Crippen LogP contribution >= 0.6 is 11.6 Å². The first-order valence-electron chi connectivity index (χ1n) is 8.30. The highest BCUT2D eigenvalue weighted by atomic mass is 35.5. The van der Waals surface area contributed by atoms with Crippen molar-refractivity contribution in [2.24, 2.45) is 0 Å². The fraction of sp³-hybridized carbons (Fsp3) is 0.263. The summed E-state index contributed by atoms with van der Waals surface area (Å²) in [4.78, 5) is 17.7. The number of fused-ring (bicyclic) bond motifs is 1. The van der Waals surface area contributed by atoms with Crippen LogP contribution in [0.1, 0.15) is 19.7 Å². The van der Waals surface area contributed by atoms with E-state index >= 15 is 0 Å². The van der Waals surface area contributed by atoms with E-state index in [-0.39, 0.29) is 22.4 Å². The molecule has 1 aromatic heterocycles. The average Bonchev–Trinajstić information content (AvgIpc) is 2.61. The topological polar surface area (TPSA) is 78.3 Å². The smallest absolute Gasteiger partial charge is 0.266 e. The van der Waals surface area contributed by atoms with Crippen molar-refractivity contribution < 1.29 is 13.2 Å². The molecule has 0 aliphatic carbocycles. The van der Waals surface area contributed by atoms with Crippen molar-refractivity contribution in [1.29, 1.82) is 0 Å². The SMILES string of the molecule is CC(C)Oc1ccc(S(C)(=O)=O)cc1-n1c(CCl)nc2ccccc2c1=O. The lowest BCUT2D eigenvalue weighted by molar-refractivity contribution is 0.241. The van der Waals surface area contributed by atoms with E-state index in [1.807, 2.05) is 13.8 Å². The van der Waals surface area contributed by atoms with Crippen molar-refractivity contribution in [3.8, 4) is 11.4 Å². The van der Waals surface area contributed by atoms with E-state index in [2.05, 4.69) is 4.98 Å². The van der Waals surface area contributed by atoms with E-state index in [0.29, 0.717) is 28.2 Å². The summed E-state index contributed by atoms with van der Waals surface area (Å²) in [5.41, 5.74) is 0.487. The third-order valence-electron chi connectivity index (χ3n) is 3.93. The molecule has 0 atom stereocenters. The van der Waals surface area contributed by atoms with Crippen molar-refractivity contribution in [2.45, 2.75) is 30.7 Å². The molecular formula is C19H19ClN2O4S. The first kappa shape index (κ1) is 19.4. The summed E-state index contributed by atoms with van der Waals surface area (Å²) >= 11 is 6.06. The quantitative estimate of drug-likeness (QED) is 0.607. The molecule has 0 unspecified atom stereocenters. The number of nitrogens with zero attached hydrogens (tertiary/aromatic N) is 2.